The highest BCUT2D eigenvalue weighted by Crippen LogP contribution is 2.28. The van der Waals surface area contributed by atoms with Gasteiger partial charge in [-0.05, 0) is 59.3 Å². The molecule has 1 saturated carbocycles. The van der Waals surface area contributed by atoms with Gasteiger partial charge in [0.05, 0.1) is 0 Å². The number of likely N-dealkylation sites (tertiary alicyclic amines) is 1. The average molecular weight is 253 g/mol. The van der Waals surface area contributed by atoms with Crippen LogP contribution in [0.25, 0.3) is 0 Å². The first-order valence-corrected chi connectivity index (χ1v) is 7.76. The monoisotopic (exact) mass is 253 g/mol. The van der Waals surface area contributed by atoms with E-state index in [4.69, 9.17) is 0 Å². The Hall–Kier alpha value is -0.120. The number of nitrogens with zero attached hydrogens (tertiary/aromatic N) is 2. The number of nitrogens with one attached hydrogen (secondary N) is 1. The normalized spacial score (nSPS) is 29.0. The maximum atomic E-state index is 3.58. The Labute approximate surface area is 113 Å². The van der Waals surface area contributed by atoms with Gasteiger partial charge in [0.15, 0.2) is 0 Å². The smallest absolute Gasteiger partial charge is 0.0220 e. The first-order valence-electron chi connectivity index (χ1n) is 7.76. The molecule has 3 heteroatoms. The molecule has 2 rings (SSSR count). The summed E-state index contributed by atoms with van der Waals surface area (Å²) in [7, 11) is 6.59. The van der Waals surface area contributed by atoms with E-state index in [9.17, 15) is 0 Å². The lowest BCUT2D eigenvalue weighted by Gasteiger charge is -2.38. The van der Waals surface area contributed by atoms with Crippen LogP contribution < -0.4 is 5.32 Å². The van der Waals surface area contributed by atoms with Crippen molar-refractivity contribution in [3.05, 3.63) is 0 Å². The predicted octanol–water partition coefficient (Wildman–Crippen LogP) is 1.79. The van der Waals surface area contributed by atoms with Crippen molar-refractivity contribution in [3.8, 4) is 0 Å². The Kier molecular flexibility index (Phi) is 5.46. The number of piperidine rings is 1. The zero-order valence-electron chi connectivity index (χ0n) is 12.5. The van der Waals surface area contributed by atoms with E-state index < -0.39 is 0 Å². The van der Waals surface area contributed by atoms with Gasteiger partial charge in [0.1, 0.15) is 0 Å². The van der Waals surface area contributed by atoms with Crippen molar-refractivity contribution >= 4 is 0 Å². The second-order valence-corrected chi connectivity index (χ2v) is 6.46. The van der Waals surface area contributed by atoms with Gasteiger partial charge in [0.25, 0.3) is 0 Å². The molecular formula is C15H31N3. The highest BCUT2D eigenvalue weighted by molar-refractivity contribution is 4.85. The summed E-state index contributed by atoms with van der Waals surface area (Å²) in [6, 6.07) is 1.48. The zero-order chi connectivity index (χ0) is 13.0. The number of rotatable bonds is 5. The molecule has 1 saturated heterocycles. The van der Waals surface area contributed by atoms with Gasteiger partial charge in [-0.2, -0.15) is 0 Å². The fourth-order valence-electron chi connectivity index (χ4n) is 3.73. The minimum absolute atomic E-state index is 0.716. The summed E-state index contributed by atoms with van der Waals surface area (Å²) < 4.78 is 0. The van der Waals surface area contributed by atoms with Gasteiger partial charge >= 0.3 is 0 Å². The molecule has 0 aromatic heterocycles. The van der Waals surface area contributed by atoms with E-state index in [0.29, 0.717) is 6.04 Å². The molecule has 2 aliphatic rings. The summed E-state index contributed by atoms with van der Waals surface area (Å²) in [6.07, 6.45) is 8.51. The van der Waals surface area contributed by atoms with Crippen LogP contribution >= 0.6 is 0 Å². The minimum atomic E-state index is 0.716. The van der Waals surface area contributed by atoms with Crippen molar-refractivity contribution in [2.24, 2.45) is 5.92 Å². The lowest BCUT2D eigenvalue weighted by atomic mass is 9.96. The molecular weight excluding hydrogens is 222 g/mol. The molecule has 3 nitrogen and oxygen atoms in total. The van der Waals surface area contributed by atoms with Crippen molar-refractivity contribution in [3.63, 3.8) is 0 Å². The number of hydrogen-bond donors (Lipinski definition) is 1. The molecule has 2 unspecified atom stereocenters. The van der Waals surface area contributed by atoms with E-state index in [1.807, 2.05) is 0 Å². The topological polar surface area (TPSA) is 18.5 Å². The average Bonchev–Trinajstić information content (AvgIpc) is 2.90. The van der Waals surface area contributed by atoms with Crippen LogP contribution in [0.15, 0.2) is 0 Å². The largest absolute Gasteiger partial charge is 0.315 e. The van der Waals surface area contributed by atoms with Crippen LogP contribution in [0.3, 0.4) is 0 Å². The van der Waals surface area contributed by atoms with Gasteiger partial charge < -0.3 is 15.1 Å². The molecule has 0 aromatic carbocycles. The van der Waals surface area contributed by atoms with Crippen LogP contribution in [0.2, 0.25) is 0 Å². The molecule has 0 bridgehead atoms. The number of likely N-dealkylation sites (N-methyl/N-ethyl adjacent to an activating group) is 2. The van der Waals surface area contributed by atoms with Crippen LogP contribution in [-0.2, 0) is 0 Å². The molecule has 2 fully saturated rings. The molecule has 1 heterocycles. The van der Waals surface area contributed by atoms with Gasteiger partial charge in [-0.1, -0.05) is 12.8 Å². The quantitative estimate of drug-likeness (QED) is 0.806. The summed E-state index contributed by atoms with van der Waals surface area (Å²) in [5.74, 6) is 0.926. The van der Waals surface area contributed by atoms with Crippen LogP contribution in [0, 0.1) is 5.92 Å². The van der Waals surface area contributed by atoms with Gasteiger partial charge in [-0.25, -0.2) is 0 Å². The van der Waals surface area contributed by atoms with Crippen molar-refractivity contribution < 1.29 is 0 Å². The fourth-order valence-corrected chi connectivity index (χ4v) is 3.73. The van der Waals surface area contributed by atoms with Crippen molar-refractivity contribution in [2.75, 3.05) is 40.8 Å². The maximum absolute atomic E-state index is 3.58. The summed E-state index contributed by atoms with van der Waals surface area (Å²) in [4.78, 5) is 5.09. The Morgan fingerprint density at radius 3 is 2.50 bits per heavy atom. The fraction of sp³-hybridized carbons (Fsp3) is 1.00. The van der Waals surface area contributed by atoms with E-state index >= 15 is 0 Å². The second kappa shape index (κ2) is 6.88. The second-order valence-electron chi connectivity index (χ2n) is 6.46. The van der Waals surface area contributed by atoms with E-state index in [1.165, 1.54) is 58.2 Å². The van der Waals surface area contributed by atoms with E-state index in [0.717, 1.165) is 12.0 Å². The first-order chi connectivity index (χ1) is 8.70. The van der Waals surface area contributed by atoms with Crippen molar-refractivity contribution in [1.29, 1.82) is 0 Å². The van der Waals surface area contributed by atoms with Crippen LogP contribution in [0.4, 0.5) is 0 Å². The summed E-state index contributed by atoms with van der Waals surface area (Å²) in [6.45, 7) is 3.82. The molecule has 1 N–H and O–H groups in total. The highest BCUT2D eigenvalue weighted by Gasteiger charge is 2.28. The third-order valence-corrected chi connectivity index (χ3v) is 5.01. The van der Waals surface area contributed by atoms with E-state index in [2.05, 4.69) is 36.3 Å². The molecule has 0 aromatic rings. The molecule has 0 amide bonds. The first kappa shape index (κ1) is 14.3. The Morgan fingerprint density at radius 2 is 1.89 bits per heavy atom. The molecule has 1 aliphatic heterocycles. The van der Waals surface area contributed by atoms with Crippen molar-refractivity contribution in [2.45, 2.75) is 50.6 Å². The molecule has 0 spiro atoms. The van der Waals surface area contributed by atoms with Gasteiger partial charge in [0, 0.05) is 25.2 Å². The van der Waals surface area contributed by atoms with Crippen LogP contribution in [-0.4, -0.2) is 62.7 Å². The summed E-state index contributed by atoms with van der Waals surface area (Å²) in [5, 5.41) is 3.58. The van der Waals surface area contributed by atoms with E-state index in [1.54, 1.807) is 0 Å². The van der Waals surface area contributed by atoms with Crippen LogP contribution in [0.5, 0.6) is 0 Å². The Morgan fingerprint density at radius 1 is 1.17 bits per heavy atom. The van der Waals surface area contributed by atoms with Crippen LogP contribution in [0.1, 0.15) is 38.5 Å². The minimum Gasteiger partial charge on any atom is -0.315 e. The molecule has 18 heavy (non-hydrogen) atoms. The molecule has 2 atom stereocenters. The summed E-state index contributed by atoms with van der Waals surface area (Å²) in [5.41, 5.74) is 0. The lowest BCUT2D eigenvalue weighted by Crippen LogP contribution is -2.50. The maximum Gasteiger partial charge on any atom is 0.0220 e. The third kappa shape index (κ3) is 3.69. The van der Waals surface area contributed by atoms with Gasteiger partial charge in [0.2, 0.25) is 0 Å². The third-order valence-electron chi connectivity index (χ3n) is 5.01. The Balaban J connectivity index is 1.82. The lowest BCUT2D eigenvalue weighted by molar-refractivity contribution is 0.115. The Bertz CT molecular complexity index is 236. The summed E-state index contributed by atoms with van der Waals surface area (Å²) >= 11 is 0. The SMILES string of the molecule is CNC(CN1CCCC(N(C)C)C1)C1CCCC1. The van der Waals surface area contributed by atoms with Gasteiger partial charge in [-0.15, -0.1) is 0 Å². The molecule has 1 aliphatic carbocycles. The standard InChI is InChI=1S/C15H31N3/c1-16-15(13-7-4-5-8-13)12-18-10-6-9-14(11-18)17(2)3/h13-16H,4-12H2,1-3H3. The van der Waals surface area contributed by atoms with Crippen molar-refractivity contribution in [1.82, 2.24) is 15.1 Å². The molecule has 106 valence electrons. The zero-order valence-corrected chi connectivity index (χ0v) is 12.5. The number of hydrogen-bond acceptors (Lipinski definition) is 3. The van der Waals surface area contributed by atoms with Gasteiger partial charge in [-0.3, -0.25) is 0 Å². The molecule has 0 radical (unpaired) electrons. The highest BCUT2D eigenvalue weighted by atomic mass is 15.2. The van der Waals surface area contributed by atoms with E-state index in [-0.39, 0.29) is 0 Å². The predicted molar refractivity (Wildman–Crippen MR) is 78.0 cm³/mol.